The molecule has 5 nitrogen and oxygen atoms in total. The van der Waals surface area contributed by atoms with Crippen LogP contribution in [0.4, 0.5) is 0 Å². The largest absolute Gasteiger partial charge is 0.348 e. The van der Waals surface area contributed by atoms with Crippen LogP contribution in [-0.2, 0) is 0 Å². The first-order valence-corrected chi connectivity index (χ1v) is 6.28. The van der Waals surface area contributed by atoms with Crippen molar-refractivity contribution in [1.29, 1.82) is 0 Å². The van der Waals surface area contributed by atoms with Crippen LogP contribution in [0.15, 0.2) is 12.3 Å². The van der Waals surface area contributed by atoms with Crippen molar-refractivity contribution in [3.05, 3.63) is 18.0 Å². The summed E-state index contributed by atoms with van der Waals surface area (Å²) >= 11 is 0. The fourth-order valence-electron chi connectivity index (χ4n) is 3.10. The van der Waals surface area contributed by atoms with Gasteiger partial charge in [-0.05, 0) is 50.3 Å². The maximum atomic E-state index is 11.8. The van der Waals surface area contributed by atoms with Gasteiger partial charge < -0.3 is 10.6 Å². The van der Waals surface area contributed by atoms with Gasteiger partial charge in [0, 0.05) is 12.2 Å². The topological polar surface area (TPSA) is 69.8 Å². The smallest absolute Gasteiger partial charge is 0.269 e. The van der Waals surface area contributed by atoms with Gasteiger partial charge in [-0.25, -0.2) is 0 Å². The van der Waals surface area contributed by atoms with E-state index in [0.29, 0.717) is 17.2 Å². The van der Waals surface area contributed by atoms with Crippen molar-refractivity contribution in [3.8, 4) is 0 Å². The lowest BCUT2D eigenvalue weighted by Crippen LogP contribution is -2.54. The molecular weight excluding hydrogens is 216 g/mol. The average molecular weight is 234 g/mol. The molecule has 92 valence electrons. The van der Waals surface area contributed by atoms with E-state index >= 15 is 0 Å². The normalized spacial score (nSPS) is 23.3. The molecule has 0 atom stereocenters. The number of carbonyl (C=O) groups is 1. The Balaban J connectivity index is 1.51. The van der Waals surface area contributed by atoms with Crippen LogP contribution in [-0.4, -0.2) is 35.2 Å². The molecule has 3 rings (SSSR count). The Bertz CT molecular complexity index is 387. The second-order valence-corrected chi connectivity index (χ2v) is 5.30. The molecular formula is C12H18N4O. The third-order valence-corrected chi connectivity index (χ3v) is 4.10. The van der Waals surface area contributed by atoms with E-state index in [0.717, 1.165) is 25.9 Å². The molecule has 2 heterocycles. The number of aromatic nitrogens is 2. The molecule has 0 unspecified atom stereocenters. The minimum absolute atomic E-state index is 0.0312. The van der Waals surface area contributed by atoms with Crippen molar-refractivity contribution in [2.45, 2.75) is 31.7 Å². The Morgan fingerprint density at radius 1 is 1.41 bits per heavy atom. The number of aromatic amines is 1. The number of piperidine rings is 1. The molecule has 2 aliphatic rings. The highest BCUT2D eigenvalue weighted by Gasteiger charge is 2.44. The van der Waals surface area contributed by atoms with Crippen LogP contribution in [0.2, 0.25) is 0 Å². The monoisotopic (exact) mass is 234 g/mol. The number of rotatable bonds is 2. The van der Waals surface area contributed by atoms with E-state index in [1.54, 1.807) is 12.3 Å². The molecule has 1 saturated heterocycles. The quantitative estimate of drug-likeness (QED) is 0.704. The Hall–Kier alpha value is -1.36. The summed E-state index contributed by atoms with van der Waals surface area (Å²) in [4.78, 5) is 11.8. The Labute approximate surface area is 100 Å². The van der Waals surface area contributed by atoms with E-state index in [1.165, 1.54) is 12.8 Å². The molecule has 0 bridgehead atoms. The third kappa shape index (κ3) is 2.07. The highest BCUT2D eigenvalue weighted by Crippen LogP contribution is 2.47. The van der Waals surface area contributed by atoms with Gasteiger partial charge >= 0.3 is 0 Å². The van der Waals surface area contributed by atoms with Crippen molar-refractivity contribution < 1.29 is 4.79 Å². The van der Waals surface area contributed by atoms with Crippen LogP contribution in [0.5, 0.6) is 0 Å². The van der Waals surface area contributed by atoms with Crippen LogP contribution >= 0.6 is 0 Å². The maximum Gasteiger partial charge on any atom is 0.269 e. The van der Waals surface area contributed by atoms with Crippen LogP contribution in [0.1, 0.15) is 36.2 Å². The molecule has 1 aliphatic heterocycles. The van der Waals surface area contributed by atoms with Crippen LogP contribution in [0.25, 0.3) is 0 Å². The van der Waals surface area contributed by atoms with Crippen molar-refractivity contribution in [1.82, 2.24) is 20.8 Å². The molecule has 1 amide bonds. The lowest BCUT2D eigenvalue weighted by atomic mass is 9.60. The predicted octanol–water partition coefficient (Wildman–Crippen LogP) is 0.672. The Morgan fingerprint density at radius 2 is 2.18 bits per heavy atom. The van der Waals surface area contributed by atoms with E-state index in [1.807, 2.05) is 0 Å². The minimum atomic E-state index is -0.0312. The number of nitrogens with one attached hydrogen (secondary N) is 3. The first-order chi connectivity index (χ1) is 8.27. The fraction of sp³-hybridized carbons (Fsp3) is 0.667. The van der Waals surface area contributed by atoms with Crippen molar-refractivity contribution in [2.24, 2.45) is 5.41 Å². The number of amides is 1. The van der Waals surface area contributed by atoms with Gasteiger partial charge in [0.2, 0.25) is 0 Å². The zero-order valence-corrected chi connectivity index (χ0v) is 9.83. The zero-order chi connectivity index (χ0) is 11.7. The molecule has 1 aromatic heterocycles. The summed E-state index contributed by atoms with van der Waals surface area (Å²) in [6, 6.07) is 2.05. The zero-order valence-electron chi connectivity index (χ0n) is 9.83. The number of hydrogen-bond acceptors (Lipinski definition) is 3. The van der Waals surface area contributed by atoms with Gasteiger partial charge in [-0.15, -0.1) is 0 Å². The summed E-state index contributed by atoms with van der Waals surface area (Å²) in [5.74, 6) is -0.0312. The summed E-state index contributed by atoms with van der Waals surface area (Å²) < 4.78 is 0. The molecule has 1 spiro atoms. The van der Waals surface area contributed by atoms with Gasteiger partial charge in [0.25, 0.3) is 5.91 Å². The summed E-state index contributed by atoms with van der Waals surface area (Å²) in [7, 11) is 0. The SMILES string of the molecule is O=C(NC1CC2(CCNCC2)C1)c1ccn[nH]1. The van der Waals surface area contributed by atoms with E-state index in [4.69, 9.17) is 0 Å². The molecule has 5 heteroatoms. The summed E-state index contributed by atoms with van der Waals surface area (Å²) in [5, 5.41) is 12.9. The molecule has 0 aromatic carbocycles. The van der Waals surface area contributed by atoms with E-state index in [2.05, 4.69) is 20.8 Å². The average Bonchev–Trinajstić information content (AvgIpc) is 2.81. The van der Waals surface area contributed by atoms with Crippen LogP contribution in [0.3, 0.4) is 0 Å². The molecule has 2 fully saturated rings. The highest BCUT2D eigenvalue weighted by atomic mass is 16.2. The highest BCUT2D eigenvalue weighted by molar-refractivity contribution is 5.92. The molecule has 1 saturated carbocycles. The van der Waals surface area contributed by atoms with Gasteiger partial charge in [0.1, 0.15) is 5.69 Å². The molecule has 3 N–H and O–H groups in total. The lowest BCUT2D eigenvalue weighted by molar-refractivity contribution is 0.0422. The lowest BCUT2D eigenvalue weighted by Gasteiger charge is -2.50. The summed E-state index contributed by atoms with van der Waals surface area (Å²) in [6.07, 6.45) is 6.37. The molecule has 1 aromatic rings. The van der Waals surface area contributed by atoms with Gasteiger partial charge in [0.05, 0.1) is 0 Å². The molecule has 0 radical (unpaired) electrons. The Kier molecular flexibility index (Phi) is 2.63. The van der Waals surface area contributed by atoms with Gasteiger partial charge in [-0.2, -0.15) is 5.10 Å². The van der Waals surface area contributed by atoms with Crippen molar-refractivity contribution in [3.63, 3.8) is 0 Å². The first kappa shape index (κ1) is 10.8. The van der Waals surface area contributed by atoms with Gasteiger partial charge in [-0.3, -0.25) is 9.89 Å². The van der Waals surface area contributed by atoms with Gasteiger partial charge in [-0.1, -0.05) is 0 Å². The predicted molar refractivity (Wildman–Crippen MR) is 63.6 cm³/mol. The van der Waals surface area contributed by atoms with Gasteiger partial charge in [0.15, 0.2) is 0 Å². The van der Waals surface area contributed by atoms with E-state index < -0.39 is 0 Å². The van der Waals surface area contributed by atoms with E-state index in [9.17, 15) is 4.79 Å². The van der Waals surface area contributed by atoms with Crippen molar-refractivity contribution >= 4 is 5.91 Å². The number of hydrogen-bond donors (Lipinski definition) is 3. The second kappa shape index (κ2) is 4.14. The van der Waals surface area contributed by atoms with Crippen LogP contribution < -0.4 is 10.6 Å². The molecule has 1 aliphatic carbocycles. The fourth-order valence-corrected chi connectivity index (χ4v) is 3.10. The number of H-pyrrole nitrogens is 1. The maximum absolute atomic E-state index is 11.8. The second-order valence-electron chi connectivity index (χ2n) is 5.30. The van der Waals surface area contributed by atoms with Crippen molar-refractivity contribution in [2.75, 3.05) is 13.1 Å². The summed E-state index contributed by atoms with van der Waals surface area (Å²) in [6.45, 7) is 2.25. The Morgan fingerprint density at radius 3 is 2.82 bits per heavy atom. The standard InChI is InChI=1S/C12H18N4O/c17-11(10-1-4-14-16-10)15-9-7-12(8-9)2-5-13-6-3-12/h1,4,9,13H,2-3,5-8H2,(H,14,16)(H,15,17). The summed E-state index contributed by atoms with van der Waals surface area (Å²) in [5.41, 5.74) is 1.06. The number of carbonyl (C=O) groups excluding carboxylic acids is 1. The van der Waals surface area contributed by atoms with Crippen LogP contribution in [0, 0.1) is 5.41 Å². The third-order valence-electron chi connectivity index (χ3n) is 4.10. The first-order valence-electron chi connectivity index (χ1n) is 6.28. The number of nitrogens with zero attached hydrogens (tertiary/aromatic N) is 1. The molecule has 17 heavy (non-hydrogen) atoms. The minimum Gasteiger partial charge on any atom is -0.348 e. The van der Waals surface area contributed by atoms with E-state index in [-0.39, 0.29) is 5.91 Å².